The number of amidine groups is 1. The van der Waals surface area contributed by atoms with Gasteiger partial charge in [0, 0.05) is 42.0 Å². The van der Waals surface area contributed by atoms with Crippen LogP contribution in [0.3, 0.4) is 0 Å². The molecule has 0 saturated heterocycles. The number of nitrogens with two attached hydrogens (primary N) is 1. The van der Waals surface area contributed by atoms with Crippen LogP contribution in [0.4, 0.5) is 5.82 Å². The fourth-order valence-corrected chi connectivity index (χ4v) is 4.32. The maximum atomic E-state index is 8.17. The number of halogens is 1. The second-order valence-corrected chi connectivity index (χ2v) is 8.73. The summed E-state index contributed by atoms with van der Waals surface area (Å²) in [6, 6.07) is 5.40. The summed E-state index contributed by atoms with van der Waals surface area (Å²) < 4.78 is 7.75. The highest BCUT2D eigenvalue weighted by Crippen LogP contribution is 2.43. The van der Waals surface area contributed by atoms with E-state index in [1.54, 1.807) is 18.2 Å². The molecule has 0 saturated carbocycles. The second-order valence-electron chi connectivity index (χ2n) is 8.32. The van der Waals surface area contributed by atoms with Gasteiger partial charge in [0.25, 0.3) is 0 Å². The number of hydrogen-bond donors (Lipinski definition) is 2. The lowest BCUT2D eigenvalue weighted by atomic mass is 9.94. The third-order valence-electron chi connectivity index (χ3n) is 5.96. The normalized spacial score (nSPS) is 12.1. The average molecular weight is 479 g/mol. The predicted molar refractivity (Wildman–Crippen MR) is 135 cm³/mol. The molecule has 176 valence electrons. The zero-order valence-corrected chi connectivity index (χ0v) is 20.8. The molecule has 0 aliphatic rings. The van der Waals surface area contributed by atoms with Gasteiger partial charge >= 0.3 is 0 Å². The Kier molecular flexibility index (Phi) is 6.14. The number of rotatable bonds is 5. The van der Waals surface area contributed by atoms with Gasteiger partial charge in [-0.15, -0.1) is 0 Å². The Morgan fingerprint density at radius 2 is 1.94 bits per heavy atom. The number of methoxy groups -OCH3 is 1. The number of nitrogens with zero attached hydrogens (tertiary/aromatic N) is 6. The van der Waals surface area contributed by atoms with Crippen LogP contribution in [0.1, 0.15) is 35.5 Å². The van der Waals surface area contributed by atoms with Crippen LogP contribution in [0.15, 0.2) is 30.7 Å². The predicted octanol–water partition coefficient (Wildman–Crippen LogP) is 4.25. The largest absolute Gasteiger partial charge is 0.496 e. The summed E-state index contributed by atoms with van der Waals surface area (Å²) >= 11 is 6.71. The highest BCUT2D eigenvalue weighted by molar-refractivity contribution is 6.32. The Labute approximate surface area is 203 Å². The first-order chi connectivity index (χ1) is 16.1. The van der Waals surface area contributed by atoms with Crippen LogP contribution in [-0.2, 0) is 0 Å². The van der Waals surface area contributed by atoms with Crippen molar-refractivity contribution in [3.63, 3.8) is 0 Å². The van der Waals surface area contributed by atoms with Crippen molar-refractivity contribution in [3.05, 3.63) is 58.3 Å². The van der Waals surface area contributed by atoms with E-state index in [-0.39, 0.29) is 6.04 Å². The number of anilines is 1. The van der Waals surface area contributed by atoms with Gasteiger partial charge in [0.1, 0.15) is 29.4 Å². The van der Waals surface area contributed by atoms with Gasteiger partial charge in [-0.2, -0.15) is 5.10 Å². The van der Waals surface area contributed by atoms with E-state index in [9.17, 15) is 0 Å². The Morgan fingerprint density at radius 3 is 2.56 bits per heavy atom. The van der Waals surface area contributed by atoms with Gasteiger partial charge in [-0.05, 0) is 38.5 Å². The van der Waals surface area contributed by atoms with Crippen molar-refractivity contribution in [3.8, 4) is 16.9 Å². The lowest BCUT2D eigenvalue weighted by molar-refractivity contribution is 0.402. The molecule has 3 heterocycles. The van der Waals surface area contributed by atoms with Crippen molar-refractivity contribution in [1.82, 2.24) is 29.6 Å². The first-order valence-electron chi connectivity index (χ1n) is 10.7. The average Bonchev–Trinajstić information content (AvgIpc) is 3.17. The molecule has 4 rings (SSSR count). The first-order valence-corrected chi connectivity index (χ1v) is 11.1. The molecule has 3 N–H and O–H groups in total. The summed E-state index contributed by atoms with van der Waals surface area (Å²) in [6.07, 6.45) is 3.18. The second kappa shape index (κ2) is 8.90. The zero-order valence-electron chi connectivity index (χ0n) is 20.0. The number of aryl methyl sites for hydroxylation is 1. The molecule has 34 heavy (non-hydrogen) atoms. The monoisotopic (exact) mass is 478 g/mol. The number of benzene rings is 1. The molecule has 1 aromatic carbocycles. The van der Waals surface area contributed by atoms with E-state index in [0.717, 1.165) is 33.3 Å². The highest BCUT2D eigenvalue weighted by Gasteiger charge is 2.25. The maximum Gasteiger partial charge on any atom is 0.164 e. The van der Waals surface area contributed by atoms with Gasteiger partial charge in [-0.25, -0.2) is 14.6 Å². The topological polar surface area (TPSA) is 119 Å². The van der Waals surface area contributed by atoms with Crippen LogP contribution < -0.4 is 10.5 Å². The van der Waals surface area contributed by atoms with Gasteiger partial charge in [-0.1, -0.05) is 17.7 Å². The summed E-state index contributed by atoms with van der Waals surface area (Å²) in [7, 11) is 5.27. The molecular weight excluding hydrogens is 452 g/mol. The SMILES string of the molecule is COc1c(C(C)n2nc(C)c3c(N)ncnc32)cc(Cl)c(C)c1-c1ccc(C(=N)N(C)C)nc1. The molecule has 4 aromatic rings. The Hall–Kier alpha value is -3.72. The van der Waals surface area contributed by atoms with E-state index < -0.39 is 0 Å². The molecule has 0 aliphatic carbocycles. The maximum absolute atomic E-state index is 8.17. The molecule has 9 nitrogen and oxygen atoms in total. The van der Waals surface area contributed by atoms with E-state index in [1.165, 1.54) is 6.33 Å². The highest BCUT2D eigenvalue weighted by atomic mass is 35.5. The van der Waals surface area contributed by atoms with Crippen LogP contribution >= 0.6 is 11.6 Å². The van der Waals surface area contributed by atoms with Crippen molar-refractivity contribution in [2.24, 2.45) is 0 Å². The molecule has 10 heteroatoms. The van der Waals surface area contributed by atoms with Crippen LogP contribution in [0.25, 0.3) is 22.2 Å². The summed E-state index contributed by atoms with van der Waals surface area (Å²) in [6.45, 7) is 5.84. The van der Waals surface area contributed by atoms with Crippen LogP contribution in [0.2, 0.25) is 5.02 Å². The molecule has 0 spiro atoms. The molecule has 0 aliphatic heterocycles. The molecule has 1 unspecified atom stereocenters. The van der Waals surface area contributed by atoms with E-state index in [2.05, 4.69) is 15.0 Å². The molecule has 0 radical (unpaired) electrons. The summed E-state index contributed by atoms with van der Waals surface area (Å²) in [5, 5.41) is 14.2. The zero-order chi connectivity index (χ0) is 24.7. The quantitative estimate of drug-likeness (QED) is 0.325. The number of hydrogen-bond acceptors (Lipinski definition) is 7. The van der Waals surface area contributed by atoms with Gasteiger partial charge < -0.3 is 15.4 Å². The summed E-state index contributed by atoms with van der Waals surface area (Å²) in [4.78, 5) is 14.7. The minimum Gasteiger partial charge on any atom is -0.496 e. The van der Waals surface area contributed by atoms with Crippen molar-refractivity contribution >= 4 is 34.3 Å². The van der Waals surface area contributed by atoms with E-state index in [0.29, 0.717) is 33.8 Å². The van der Waals surface area contributed by atoms with Gasteiger partial charge in [0.05, 0.1) is 24.2 Å². The van der Waals surface area contributed by atoms with Crippen molar-refractivity contribution in [2.75, 3.05) is 26.9 Å². The molecule has 0 bridgehead atoms. The minimum atomic E-state index is -0.258. The van der Waals surface area contributed by atoms with E-state index >= 15 is 0 Å². The number of fused-ring (bicyclic) bond motifs is 1. The van der Waals surface area contributed by atoms with Crippen LogP contribution in [0.5, 0.6) is 5.75 Å². The van der Waals surface area contributed by atoms with Crippen LogP contribution in [-0.4, -0.2) is 56.7 Å². The Bertz CT molecular complexity index is 1390. The van der Waals surface area contributed by atoms with Gasteiger partial charge in [0.2, 0.25) is 0 Å². The number of aromatic nitrogens is 5. The van der Waals surface area contributed by atoms with Crippen molar-refractivity contribution < 1.29 is 4.74 Å². The molecule has 1 atom stereocenters. The van der Waals surface area contributed by atoms with E-state index in [1.807, 2.05) is 57.7 Å². The molecule has 3 aromatic heterocycles. The van der Waals surface area contributed by atoms with Crippen LogP contribution in [0, 0.1) is 19.3 Å². The Balaban J connectivity index is 1.88. The van der Waals surface area contributed by atoms with Gasteiger partial charge in [0.15, 0.2) is 5.65 Å². The Morgan fingerprint density at radius 1 is 1.21 bits per heavy atom. The fraction of sp³-hybridized carbons (Fsp3) is 0.292. The summed E-state index contributed by atoms with van der Waals surface area (Å²) in [5.74, 6) is 1.40. The minimum absolute atomic E-state index is 0.258. The fourth-order valence-electron chi connectivity index (χ4n) is 4.10. The summed E-state index contributed by atoms with van der Waals surface area (Å²) in [5.41, 5.74) is 11.5. The van der Waals surface area contributed by atoms with Crippen molar-refractivity contribution in [1.29, 1.82) is 5.41 Å². The van der Waals surface area contributed by atoms with Crippen molar-refractivity contribution in [2.45, 2.75) is 26.8 Å². The molecule has 0 fully saturated rings. The third-order valence-corrected chi connectivity index (χ3v) is 6.35. The third kappa shape index (κ3) is 3.81. The lowest BCUT2D eigenvalue weighted by Gasteiger charge is -2.22. The lowest BCUT2D eigenvalue weighted by Crippen LogP contribution is -2.22. The number of ether oxygens (including phenoxy) is 1. The molecule has 0 amide bonds. The standard InChI is InChI=1S/C24H27ClN8O/c1-12-17(25)9-16(14(3)33-24-20(13(2)31-33)22(26)29-11-30-24)21(34-6)19(12)15-7-8-18(28-10-15)23(27)32(4)5/h7-11,14,27H,1-6H3,(H2,26,29,30). The van der Waals surface area contributed by atoms with Gasteiger partial charge in [-0.3, -0.25) is 10.4 Å². The number of nitrogens with one attached hydrogen (secondary N) is 1. The molecular formula is C24H27ClN8O. The number of nitrogen functional groups attached to an aromatic ring is 1. The van der Waals surface area contributed by atoms with E-state index in [4.69, 9.17) is 32.6 Å². The smallest absolute Gasteiger partial charge is 0.164 e. The number of pyridine rings is 1. The first kappa shape index (κ1) is 23.4.